The van der Waals surface area contributed by atoms with Gasteiger partial charge in [0, 0.05) is 12.7 Å². The molecule has 2 rings (SSSR count). The lowest BCUT2D eigenvalue weighted by molar-refractivity contribution is 0.679. The highest BCUT2D eigenvalue weighted by Crippen LogP contribution is 2.20. The van der Waals surface area contributed by atoms with E-state index in [1.165, 1.54) is 25.7 Å². The molecular formula is C14H17N3. The topological polar surface area (TPSA) is 48.7 Å². The van der Waals surface area contributed by atoms with Crippen LogP contribution in [0.4, 0.5) is 5.69 Å². The zero-order valence-electron chi connectivity index (χ0n) is 9.95. The second kappa shape index (κ2) is 6.05. The zero-order chi connectivity index (χ0) is 11.9. The number of hydrogen-bond acceptors (Lipinski definition) is 3. The van der Waals surface area contributed by atoms with Crippen LogP contribution in [-0.4, -0.2) is 11.5 Å². The summed E-state index contributed by atoms with van der Waals surface area (Å²) in [5.74, 6) is 0. The van der Waals surface area contributed by atoms with Gasteiger partial charge in [0.2, 0.25) is 0 Å². The van der Waals surface area contributed by atoms with Crippen molar-refractivity contribution < 1.29 is 0 Å². The quantitative estimate of drug-likeness (QED) is 0.803. The second-order valence-electron chi connectivity index (χ2n) is 4.32. The molecule has 0 fully saturated rings. The number of allylic oxidation sites excluding steroid dienone is 1. The Morgan fingerprint density at radius 3 is 3.12 bits per heavy atom. The molecule has 0 saturated heterocycles. The number of anilines is 1. The SMILES string of the molecule is N#Cc1ccncc1NCCC1=CCCCC1. The van der Waals surface area contributed by atoms with Gasteiger partial charge in [-0.1, -0.05) is 11.6 Å². The molecule has 0 aliphatic heterocycles. The van der Waals surface area contributed by atoms with E-state index >= 15 is 0 Å². The summed E-state index contributed by atoms with van der Waals surface area (Å²) in [6.07, 6.45) is 11.9. The highest BCUT2D eigenvalue weighted by atomic mass is 14.9. The maximum atomic E-state index is 8.94. The predicted molar refractivity (Wildman–Crippen MR) is 68.6 cm³/mol. The lowest BCUT2D eigenvalue weighted by Gasteiger charge is -2.13. The van der Waals surface area contributed by atoms with E-state index < -0.39 is 0 Å². The van der Waals surface area contributed by atoms with E-state index in [1.54, 1.807) is 24.0 Å². The van der Waals surface area contributed by atoms with E-state index in [2.05, 4.69) is 22.4 Å². The first-order valence-corrected chi connectivity index (χ1v) is 6.16. The van der Waals surface area contributed by atoms with Gasteiger partial charge in [0.15, 0.2) is 0 Å². The molecule has 17 heavy (non-hydrogen) atoms. The molecule has 1 aromatic rings. The highest BCUT2D eigenvalue weighted by molar-refractivity contribution is 5.55. The van der Waals surface area contributed by atoms with Crippen molar-refractivity contribution in [3.05, 3.63) is 35.7 Å². The Bertz CT molecular complexity index is 443. The van der Waals surface area contributed by atoms with Gasteiger partial charge in [-0.15, -0.1) is 0 Å². The van der Waals surface area contributed by atoms with E-state index in [0.29, 0.717) is 5.56 Å². The predicted octanol–water partition coefficient (Wildman–Crippen LogP) is 3.26. The van der Waals surface area contributed by atoms with E-state index in [1.807, 2.05) is 0 Å². The van der Waals surface area contributed by atoms with Crippen LogP contribution in [0.3, 0.4) is 0 Å². The largest absolute Gasteiger partial charge is 0.382 e. The minimum Gasteiger partial charge on any atom is -0.382 e. The maximum Gasteiger partial charge on any atom is 0.101 e. The van der Waals surface area contributed by atoms with Crippen molar-refractivity contribution in [3.63, 3.8) is 0 Å². The third-order valence-corrected chi connectivity index (χ3v) is 3.09. The average molecular weight is 227 g/mol. The Morgan fingerprint density at radius 1 is 1.41 bits per heavy atom. The fraction of sp³-hybridized carbons (Fsp3) is 0.429. The molecule has 3 nitrogen and oxygen atoms in total. The normalized spacial score (nSPS) is 14.9. The van der Waals surface area contributed by atoms with Crippen LogP contribution < -0.4 is 5.32 Å². The fourth-order valence-electron chi connectivity index (χ4n) is 2.12. The van der Waals surface area contributed by atoms with Gasteiger partial charge in [-0.2, -0.15) is 5.26 Å². The molecule has 0 saturated carbocycles. The molecule has 0 radical (unpaired) electrons. The number of pyridine rings is 1. The Hall–Kier alpha value is -1.82. The van der Waals surface area contributed by atoms with Crippen molar-refractivity contribution in [1.29, 1.82) is 5.26 Å². The van der Waals surface area contributed by atoms with Crippen LogP contribution in [0.1, 0.15) is 37.7 Å². The van der Waals surface area contributed by atoms with E-state index in [-0.39, 0.29) is 0 Å². The Labute approximate surface area is 102 Å². The van der Waals surface area contributed by atoms with E-state index in [0.717, 1.165) is 18.7 Å². The summed E-state index contributed by atoms with van der Waals surface area (Å²) in [6.45, 7) is 0.881. The number of nitrogens with zero attached hydrogens (tertiary/aromatic N) is 2. The lowest BCUT2D eigenvalue weighted by Crippen LogP contribution is -2.05. The van der Waals surface area contributed by atoms with Gasteiger partial charge in [0.1, 0.15) is 6.07 Å². The molecule has 0 atom stereocenters. The Morgan fingerprint density at radius 2 is 2.35 bits per heavy atom. The monoisotopic (exact) mass is 227 g/mol. The van der Waals surface area contributed by atoms with Crippen molar-refractivity contribution in [1.82, 2.24) is 4.98 Å². The summed E-state index contributed by atoms with van der Waals surface area (Å²) in [4.78, 5) is 4.03. The molecule has 1 N–H and O–H groups in total. The van der Waals surface area contributed by atoms with Gasteiger partial charge >= 0.3 is 0 Å². The van der Waals surface area contributed by atoms with Crippen LogP contribution >= 0.6 is 0 Å². The van der Waals surface area contributed by atoms with Crippen LogP contribution in [0.5, 0.6) is 0 Å². The maximum absolute atomic E-state index is 8.94. The van der Waals surface area contributed by atoms with Gasteiger partial charge in [0.05, 0.1) is 17.4 Å². The van der Waals surface area contributed by atoms with Crippen LogP contribution in [0.25, 0.3) is 0 Å². The summed E-state index contributed by atoms with van der Waals surface area (Å²) in [6, 6.07) is 3.91. The summed E-state index contributed by atoms with van der Waals surface area (Å²) in [5.41, 5.74) is 3.05. The van der Waals surface area contributed by atoms with Gasteiger partial charge in [-0.25, -0.2) is 0 Å². The average Bonchev–Trinajstić information content (AvgIpc) is 2.40. The Kier molecular flexibility index (Phi) is 4.15. The van der Waals surface area contributed by atoms with Crippen molar-refractivity contribution in [2.75, 3.05) is 11.9 Å². The number of nitriles is 1. The molecule has 3 heteroatoms. The lowest BCUT2D eigenvalue weighted by atomic mass is 9.97. The number of nitrogens with one attached hydrogen (secondary N) is 1. The van der Waals surface area contributed by atoms with Crippen molar-refractivity contribution >= 4 is 5.69 Å². The third kappa shape index (κ3) is 3.32. The van der Waals surface area contributed by atoms with Gasteiger partial charge in [-0.05, 0) is 38.2 Å². The first-order chi connectivity index (χ1) is 8.40. The number of aromatic nitrogens is 1. The second-order valence-corrected chi connectivity index (χ2v) is 4.32. The van der Waals surface area contributed by atoms with Gasteiger partial charge < -0.3 is 5.32 Å². The first kappa shape index (κ1) is 11.7. The molecule has 1 aliphatic carbocycles. The standard InChI is InChI=1S/C14H17N3/c15-10-13-7-8-16-11-14(13)17-9-6-12-4-2-1-3-5-12/h4,7-8,11,17H,1-3,5-6,9H2. The molecular weight excluding hydrogens is 210 g/mol. The molecule has 1 aliphatic rings. The smallest absolute Gasteiger partial charge is 0.101 e. The molecule has 88 valence electrons. The molecule has 0 bridgehead atoms. The van der Waals surface area contributed by atoms with Gasteiger partial charge in [0.25, 0.3) is 0 Å². The fourth-order valence-corrected chi connectivity index (χ4v) is 2.12. The summed E-state index contributed by atoms with van der Waals surface area (Å²) in [5, 5.41) is 12.2. The van der Waals surface area contributed by atoms with Crippen LogP contribution in [0.2, 0.25) is 0 Å². The molecule has 1 aromatic heterocycles. The number of hydrogen-bond donors (Lipinski definition) is 1. The zero-order valence-corrected chi connectivity index (χ0v) is 9.95. The molecule has 1 heterocycles. The minimum absolute atomic E-state index is 0.664. The van der Waals surface area contributed by atoms with Crippen LogP contribution in [0, 0.1) is 11.3 Å². The number of rotatable bonds is 4. The van der Waals surface area contributed by atoms with E-state index in [4.69, 9.17) is 5.26 Å². The third-order valence-electron chi connectivity index (χ3n) is 3.09. The summed E-state index contributed by atoms with van der Waals surface area (Å²) >= 11 is 0. The minimum atomic E-state index is 0.664. The van der Waals surface area contributed by atoms with E-state index in [9.17, 15) is 0 Å². The molecule has 0 aromatic carbocycles. The van der Waals surface area contributed by atoms with Crippen molar-refractivity contribution in [3.8, 4) is 6.07 Å². The van der Waals surface area contributed by atoms with Crippen LogP contribution in [-0.2, 0) is 0 Å². The van der Waals surface area contributed by atoms with Gasteiger partial charge in [-0.3, -0.25) is 4.98 Å². The molecule has 0 unspecified atom stereocenters. The van der Waals surface area contributed by atoms with Crippen molar-refractivity contribution in [2.45, 2.75) is 32.1 Å². The summed E-state index contributed by atoms with van der Waals surface area (Å²) in [7, 11) is 0. The molecule has 0 spiro atoms. The van der Waals surface area contributed by atoms with Crippen LogP contribution in [0.15, 0.2) is 30.1 Å². The Balaban J connectivity index is 1.86. The highest BCUT2D eigenvalue weighted by Gasteiger charge is 2.04. The first-order valence-electron chi connectivity index (χ1n) is 6.16. The summed E-state index contributed by atoms with van der Waals surface area (Å²) < 4.78 is 0. The van der Waals surface area contributed by atoms with Crippen molar-refractivity contribution in [2.24, 2.45) is 0 Å². The molecule has 0 amide bonds.